The van der Waals surface area contributed by atoms with Gasteiger partial charge in [0.2, 0.25) is 5.91 Å². The number of hydrogen-bond donors (Lipinski definition) is 2. The van der Waals surface area contributed by atoms with Crippen LogP contribution >= 0.6 is 0 Å². The highest BCUT2D eigenvalue weighted by Crippen LogP contribution is 2.20. The highest BCUT2D eigenvalue weighted by Gasteiger charge is 2.20. The molecule has 0 spiro atoms. The Labute approximate surface area is 112 Å². The third-order valence-corrected chi connectivity index (χ3v) is 2.99. The van der Waals surface area contributed by atoms with Crippen molar-refractivity contribution in [1.29, 1.82) is 0 Å². The largest absolute Gasteiger partial charge is 0.508 e. The lowest BCUT2D eigenvalue weighted by Crippen LogP contribution is -2.35. The van der Waals surface area contributed by atoms with Crippen molar-refractivity contribution in [3.8, 4) is 5.75 Å². The average molecular weight is 256 g/mol. The molecule has 2 aromatic carbocycles. The molecule has 19 heavy (non-hydrogen) atoms. The number of benzene rings is 2. The van der Waals surface area contributed by atoms with E-state index in [4.69, 9.17) is 5.73 Å². The number of nitrogens with zero attached hydrogens (tertiary/aromatic N) is 1. The molecule has 4 heteroatoms. The van der Waals surface area contributed by atoms with Crippen molar-refractivity contribution in [3.05, 3.63) is 60.2 Å². The Balaban J connectivity index is 2.17. The number of nitrogens with two attached hydrogens (primary N) is 1. The van der Waals surface area contributed by atoms with Crippen LogP contribution in [0.1, 0.15) is 11.6 Å². The number of rotatable bonds is 3. The number of aromatic hydroxyl groups is 1. The van der Waals surface area contributed by atoms with Gasteiger partial charge >= 0.3 is 0 Å². The summed E-state index contributed by atoms with van der Waals surface area (Å²) < 4.78 is 0. The monoisotopic (exact) mass is 256 g/mol. The summed E-state index contributed by atoms with van der Waals surface area (Å²) in [5.74, 6) is -0.0335. The van der Waals surface area contributed by atoms with E-state index >= 15 is 0 Å². The smallest absolute Gasteiger partial charge is 0.248 e. The average Bonchev–Trinajstić information content (AvgIpc) is 2.46. The molecule has 3 N–H and O–H groups in total. The summed E-state index contributed by atoms with van der Waals surface area (Å²) in [5.41, 5.74) is 7.43. The number of carbonyl (C=O) groups excluding carboxylic acids is 1. The van der Waals surface area contributed by atoms with E-state index in [-0.39, 0.29) is 11.7 Å². The van der Waals surface area contributed by atoms with Gasteiger partial charge < -0.3 is 15.7 Å². The fourth-order valence-corrected chi connectivity index (χ4v) is 1.82. The molecule has 0 bridgehead atoms. The molecular weight excluding hydrogens is 240 g/mol. The van der Waals surface area contributed by atoms with E-state index in [0.717, 1.165) is 5.56 Å². The van der Waals surface area contributed by atoms with E-state index in [1.54, 1.807) is 19.2 Å². The fourth-order valence-electron chi connectivity index (χ4n) is 1.82. The second kappa shape index (κ2) is 5.54. The Morgan fingerprint density at radius 1 is 1.11 bits per heavy atom. The summed E-state index contributed by atoms with van der Waals surface area (Å²) in [7, 11) is 1.66. The van der Waals surface area contributed by atoms with Crippen molar-refractivity contribution < 1.29 is 9.90 Å². The van der Waals surface area contributed by atoms with Gasteiger partial charge in [-0.1, -0.05) is 30.3 Å². The van der Waals surface area contributed by atoms with Gasteiger partial charge in [-0.25, -0.2) is 0 Å². The van der Waals surface area contributed by atoms with E-state index in [1.165, 1.54) is 17.0 Å². The summed E-state index contributed by atoms with van der Waals surface area (Å²) in [6, 6.07) is 15.0. The Morgan fingerprint density at radius 2 is 1.68 bits per heavy atom. The van der Waals surface area contributed by atoms with Gasteiger partial charge in [0.15, 0.2) is 0 Å². The maximum Gasteiger partial charge on any atom is 0.248 e. The molecule has 0 heterocycles. The van der Waals surface area contributed by atoms with Crippen molar-refractivity contribution in [2.24, 2.45) is 5.73 Å². The van der Waals surface area contributed by atoms with Gasteiger partial charge in [-0.05, 0) is 29.8 Å². The zero-order chi connectivity index (χ0) is 13.8. The first kappa shape index (κ1) is 13.1. The molecule has 0 fully saturated rings. The van der Waals surface area contributed by atoms with Crippen LogP contribution in [0.3, 0.4) is 0 Å². The molecule has 2 rings (SSSR count). The predicted molar refractivity (Wildman–Crippen MR) is 74.9 cm³/mol. The SMILES string of the molecule is CN(C(=O)[C@@H](N)c1ccccc1)c1ccc(O)cc1. The van der Waals surface area contributed by atoms with Crippen LogP contribution in [0.5, 0.6) is 5.75 Å². The third-order valence-electron chi connectivity index (χ3n) is 2.99. The van der Waals surface area contributed by atoms with Crippen molar-refractivity contribution >= 4 is 11.6 Å². The lowest BCUT2D eigenvalue weighted by Gasteiger charge is -2.21. The van der Waals surface area contributed by atoms with Crippen molar-refractivity contribution in [3.63, 3.8) is 0 Å². The number of phenolic OH excluding ortho intramolecular Hbond substituents is 1. The van der Waals surface area contributed by atoms with Crippen molar-refractivity contribution in [1.82, 2.24) is 0 Å². The van der Waals surface area contributed by atoms with Gasteiger partial charge in [0, 0.05) is 12.7 Å². The van der Waals surface area contributed by atoms with Gasteiger partial charge in [0.25, 0.3) is 0 Å². The highest BCUT2D eigenvalue weighted by atomic mass is 16.3. The molecule has 0 aliphatic carbocycles. The minimum absolute atomic E-state index is 0.164. The molecule has 0 aliphatic rings. The van der Waals surface area contributed by atoms with E-state index in [1.807, 2.05) is 30.3 Å². The van der Waals surface area contributed by atoms with Crippen LogP contribution < -0.4 is 10.6 Å². The first-order chi connectivity index (χ1) is 9.09. The molecule has 2 aromatic rings. The number of carbonyl (C=O) groups is 1. The van der Waals surface area contributed by atoms with E-state index in [9.17, 15) is 9.90 Å². The van der Waals surface area contributed by atoms with Crippen molar-refractivity contribution in [2.45, 2.75) is 6.04 Å². The lowest BCUT2D eigenvalue weighted by molar-refractivity contribution is -0.119. The van der Waals surface area contributed by atoms with Crippen LogP contribution in [0.2, 0.25) is 0 Å². The molecule has 1 atom stereocenters. The molecule has 0 aromatic heterocycles. The van der Waals surface area contributed by atoms with Gasteiger partial charge in [0.05, 0.1) is 0 Å². The maximum absolute atomic E-state index is 12.3. The molecule has 0 radical (unpaired) electrons. The first-order valence-electron chi connectivity index (χ1n) is 5.96. The molecule has 0 saturated carbocycles. The predicted octanol–water partition coefficient (Wildman–Crippen LogP) is 2.05. The second-order valence-electron chi connectivity index (χ2n) is 4.30. The molecule has 1 amide bonds. The zero-order valence-electron chi connectivity index (χ0n) is 10.7. The minimum Gasteiger partial charge on any atom is -0.508 e. The molecule has 0 saturated heterocycles. The van der Waals surface area contributed by atoms with Crippen molar-refractivity contribution in [2.75, 3.05) is 11.9 Å². The second-order valence-corrected chi connectivity index (χ2v) is 4.30. The molecule has 0 unspecified atom stereocenters. The summed E-state index contributed by atoms with van der Waals surface area (Å²) in [6.07, 6.45) is 0. The summed E-state index contributed by atoms with van der Waals surface area (Å²) in [5, 5.41) is 9.24. The lowest BCUT2D eigenvalue weighted by atomic mass is 10.1. The zero-order valence-corrected chi connectivity index (χ0v) is 10.7. The first-order valence-corrected chi connectivity index (χ1v) is 5.96. The number of anilines is 1. The minimum atomic E-state index is -0.694. The van der Waals surface area contributed by atoms with Crippen LogP contribution in [-0.2, 0) is 4.79 Å². The number of hydrogen-bond acceptors (Lipinski definition) is 3. The topological polar surface area (TPSA) is 66.6 Å². The van der Waals surface area contributed by atoms with Crippen LogP contribution in [0.25, 0.3) is 0 Å². The fraction of sp³-hybridized carbons (Fsp3) is 0.133. The maximum atomic E-state index is 12.3. The van der Waals surface area contributed by atoms with Gasteiger partial charge in [-0.15, -0.1) is 0 Å². The van der Waals surface area contributed by atoms with Gasteiger partial charge in [0.1, 0.15) is 11.8 Å². The van der Waals surface area contributed by atoms with E-state index in [0.29, 0.717) is 5.69 Å². The Bertz CT molecular complexity index is 552. The van der Waals surface area contributed by atoms with E-state index < -0.39 is 6.04 Å². The van der Waals surface area contributed by atoms with Gasteiger partial charge in [-0.3, -0.25) is 4.79 Å². The summed E-state index contributed by atoms with van der Waals surface area (Å²) in [4.78, 5) is 13.8. The molecule has 4 nitrogen and oxygen atoms in total. The van der Waals surface area contributed by atoms with Crippen LogP contribution in [0.4, 0.5) is 5.69 Å². The quantitative estimate of drug-likeness (QED) is 0.883. The number of phenols is 1. The Morgan fingerprint density at radius 3 is 2.26 bits per heavy atom. The van der Waals surface area contributed by atoms with Crippen LogP contribution in [0.15, 0.2) is 54.6 Å². The highest BCUT2D eigenvalue weighted by molar-refractivity contribution is 5.97. The molecule has 98 valence electrons. The summed E-state index contributed by atoms with van der Waals surface area (Å²) >= 11 is 0. The number of amides is 1. The standard InChI is InChI=1S/C15H16N2O2/c1-17(12-7-9-13(18)10-8-12)15(19)14(16)11-5-3-2-4-6-11/h2-10,14,18H,16H2,1H3/t14-/m0/s1. The molecular formula is C15H16N2O2. The molecule has 0 aliphatic heterocycles. The van der Waals surface area contributed by atoms with Crippen LogP contribution in [-0.4, -0.2) is 18.1 Å². The Kier molecular flexibility index (Phi) is 3.82. The third kappa shape index (κ3) is 2.92. The van der Waals surface area contributed by atoms with E-state index in [2.05, 4.69) is 0 Å². The summed E-state index contributed by atoms with van der Waals surface area (Å²) in [6.45, 7) is 0. The number of likely N-dealkylation sites (N-methyl/N-ethyl adjacent to an activating group) is 1. The van der Waals surface area contributed by atoms with Crippen LogP contribution in [0, 0.1) is 0 Å². The normalized spacial score (nSPS) is 11.9. The Hall–Kier alpha value is -2.33. The van der Waals surface area contributed by atoms with Gasteiger partial charge in [-0.2, -0.15) is 0 Å².